The summed E-state index contributed by atoms with van der Waals surface area (Å²) in [5.41, 5.74) is 7.02. The first-order valence-corrected chi connectivity index (χ1v) is 7.90. The van der Waals surface area contributed by atoms with Gasteiger partial charge in [0.2, 0.25) is 5.91 Å². The maximum Gasteiger partial charge on any atom is 0.223 e. The summed E-state index contributed by atoms with van der Waals surface area (Å²) in [5.74, 6) is 0.308. The van der Waals surface area contributed by atoms with E-state index in [0.29, 0.717) is 6.61 Å². The summed E-state index contributed by atoms with van der Waals surface area (Å²) in [6, 6.07) is 10.4. The van der Waals surface area contributed by atoms with Crippen LogP contribution in [0.4, 0.5) is 0 Å². The van der Waals surface area contributed by atoms with Crippen molar-refractivity contribution in [1.82, 2.24) is 5.32 Å². The molecule has 4 nitrogen and oxygen atoms in total. The fourth-order valence-electron chi connectivity index (χ4n) is 2.70. The van der Waals surface area contributed by atoms with Gasteiger partial charge in [-0.1, -0.05) is 30.3 Å². The second kappa shape index (κ2) is 10.6. The molecule has 5 heteroatoms. The van der Waals surface area contributed by atoms with E-state index in [1.54, 1.807) is 0 Å². The number of ether oxygens (including phenoxy) is 1. The van der Waals surface area contributed by atoms with Gasteiger partial charge in [0.25, 0.3) is 0 Å². The van der Waals surface area contributed by atoms with E-state index in [1.807, 2.05) is 18.2 Å². The molecular formula is C17H27ClN2O2. The molecule has 2 unspecified atom stereocenters. The molecule has 1 aromatic rings. The van der Waals surface area contributed by atoms with Gasteiger partial charge < -0.3 is 15.8 Å². The molecule has 0 heterocycles. The topological polar surface area (TPSA) is 64.4 Å². The Bertz CT molecular complexity index is 428. The van der Waals surface area contributed by atoms with E-state index in [4.69, 9.17) is 10.5 Å². The molecule has 1 aliphatic carbocycles. The second-order valence-corrected chi connectivity index (χ2v) is 5.81. The van der Waals surface area contributed by atoms with Gasteiger partial charge in [0.1, 0.15) is 0 Å². The smallest absolute Gasteiger partial charge is 0.223 e. The fourth-order valence-corrected chi connectivity index (χ4v) is 2.70. The van der Waals surface area contributed by atoms with Gasteiger partial charge in [0.15, 0.2) is 0 Å². The Kier molecular flexibility index (Phi) is 9.13. The van der Waals surface area contributed by atoms with E-state index in [2.05, 4.69) is 17.4 Å². The first kappa shape index (κ1) is 18.9. The van der Waals surface area contributed by atoms with E-state index >= 15 is 0 Å². The molecule has 0 radical (unpaired) electrons. The lowest BCUT2D eigenvalue weighted by Gasteiger charge is -2.10. The molecule has 3 N–H and O–H groups in total. The summed E-state index contributed by atoms with van der Waals surface area (Å²) in [5, 5.41) is 3.00. The molecule has 0 aromatic heterocycles. The van der Waals surface area contributed by atoms with Crippen LogP contribution in [-0.4, -0.2) is 25.1 Å². The van der Waals surface area contributed by atoms with Crippen LogP contribution in [0.2, 0.25) is 0 Å². The first-order chi connectivity index (χ1) is 10.3. The van der Waals surface area contributed by atoms with E-state index in [9.17, 15) is 4.79 Å². The van der Waals surface area contributed by atoms with E-state index in [0.717, 1.165) is 45.3 Å². The number of hydrogen-bond acceptors (Lipinski definition) is 3. The number of unbranched alkanes of at least 4 members (excludes halogenated alkanes) is 1. The highest BCUT2D eigenvalue weighted by atomic mass is 35.5. The standard InChI is InChI=1S/C17H26N2O2.ClH/c18-16-9-8-15(12-16)17(20)19-10-4-5-11-21-13-14-6-2-1-3-7-14;/h1-3,6-7,15-16H,4-5,8-13,18H2,(H,19,20);1H. The molecule has 1 saturated carbocycles. The van der Waals surface area contributed by atoms with Gasteiger partial charge in [-0.15, -0.1) is 12.4 Å². The summed E-state index contributed by atoms with van der Waals surface area (Å²) in [6.07, 6.45) is 4.68. The zero-order valence-corrected chi connectivity index (χ0v) is 13.8. The number of amides is 1. The molecule has 1 aromatic carbocycles. The molecule has 2 rings (SSSR count). The summed E-state index contributed by atoms with van der Waals surface area (Å²) in [7, 11) is 0. The van der Waals surface area contributed by atoms with Gasteiger partial charge in [-0.3, -0.25) is 4.79 Å². The molecule has 1 aliphatic rings. The largest absolute Gasteiger partial charge is 0.377 e. The Morgan fingerprint density at radius 3 is 2.68 bits per heavy atom. The van der Waals surface area contributed by atoms with Crippen LogP contribution in [0.5, 0.6) is 0 Å². The van der Waals surface area contributed by atoms with Crippen molar-refractivity contribution in [2.45, 2.75) is 44.8 Å². The van der Waals surface area contributed by atoms with Gasteiger partial charge in [-0.05, 0) is 37.7 Å². The maximum atomic E-state index is 11.9. The summed E-state index contributed by atoms with van der Waals surface area (Å²) < 4.78 is 5.61. The van der Waals surface area contributed by atoms with Crippen LogP contribution in [0.3, 0.4) is 0 Å². The lowest BCUT2D eigenvalue weighted by atomic mass is 10.1. The minimum absolute atomic E-state index is 0. The van der Waals surface area contributed by atoms with Gasteiger partial charge in [-0.25, -0.2) is 0 Å². The third-order valence-corrected chi connectivity index (χ3v) is 3.97. The van der Waals surface area contributed by atoms with Crippen LogP contribution in [0.15, 0.2) is 30.3 Å². The predicted molar refractivity (Wildman–Crippen MR) is 90.9 cm³/mol. The van der Waals surface area contributed by atoms with Gasteiger partial charge in [0, 0.05) is 25.1 Å². The Balaban J connectivity index is 0.00000242. The third-order valence-electron chi connectivity index (χ3n) is 3.97. The van der Waals surface area contributed by atoms with Gasteiger partial charge >= 0.3 is 0 Å². The Labute approximate surface area is 139 Å². The van der Waals surface area contributed by atoms with Crippen LogP contribution >= 0.6 is 12.4 Å². The van der Waals surface area contributed by atoms with Crippen molar-refractivity contribution in [3.05, 3.63) is 35.9 Å². The Hall–Kier alpha value is -1.10. The molecule has 0 saturated heterocycles. The lowest BCUT2D eigenvalue weighted by molar-refractivity contribution is -0.124. The number of nitrogens with one attached hydrogen (secondary N) is 1. The molecule has 2 atom stereocenters. The van der Waals surface area contributed by atoms with Gasteiger partial charge in [0.05, 0.1) is 6.61 Å². The second-order valence-electron chi connectivity index (χ2n) is 5.81. The molecule has 1 amide bonds. The number of carbonyl (C=O) groups excluding carboxylic acids is 1. The van der Waals surface area contributed by atoms with Crippen LogP contribution in [-0.2, 0) is 16.1 Å². The molecule has 0 spiro atoms. The van der Waals surface area contributed by atoms with Crippen LogP contribution in [0, 0.1) is 5.92 Å². The number of halogens is 1. The number of carbonyl (C=O) groups is 1. The van der Waals surface area contributed by atoms with Crippen molar-refractivity contribution < 1.29 is 9.53 Å². The number of hydrogen-bond donors (Lipinski definition) is 2. The number of benzene rings is 1. The molecular weight excluding hydrogens is 300 g/mol. The normalized spacial score (nSPS) is 20.4. The maximum absolute atomic E-state index is 11.9. The Morgan fingerprint density at radius 1 is 1.23 bits per heavy atom. The third kappa shape index (κ3) is 6.77. The molecule has 0 bridgehead atoms. The highest BCUT2D eigenvalue weighted by Gasteiger charge is 2.27. The first-order valence-electron chi connectivity index (χ1n) is 7.90. The van der Waals surface area contributed by atoms with E-state index < -0.39 is 0 Å². The van der Waals surface area contributed by atoms with Crippen molar-refractivity contribution in [3.63, 3.8) is 0 Å². The van der Waals surface area contributed by atoms with Gasteiger partial charge in [-0.2, -0.15) is 0 Å². The predicted octanol–water partition coefficient (Wildman–Crippen LogP) is 2.65. The molecule has 0 aliphatic heterocycles. The average Bonchev–Trinajstić information content (AvgIpc) is 2.94. The highest BCUT2D eigenvalue weighted by Crippen LogP contribution is 2.23. The minimum atomic E-state index is 0. The molecule has 22 heavy (non-hydrogen) atoms. The summed E-state index contributed by atoms with van der Waals surface area (Å²) in [4.78, 5) is 11.9. The van der Waals surface area contributed by atoms with Crippen molar-refractivity contribution in [1.29, 1.82) is 0 Å². The number of rotatable bonds is 8. The number of nitrogens with two attached hydrogens (primary N) is 1. The van der Waals surface area contributed by atoms with Crippen molar-refractivity contribution in [3.8, 4) is 0 Å². The van der Waals surface area contributed by atoms with Crippen molar-refractivity contribution in [2.75, 3.05) is 13.2 Å². The highest BCUT2D eigenvalue weighted by molar-refractivity contribution is 5.85. The van der Waals surface area contributed by atoms with Crippen molar-refractivity contribution in [2.24, 2.45) is 11.7 Å². The lowest BCUT2D eigenvalue weighted by Crippen LogP contribution is -2.31. The summed E-state index contributed by atoms with van der Waals surface area (Å²) >= 11 is 0. The Morgan fingerprint density at radius 2 is 2.00 bits per heavy atom. The van der Waals surface area contributed by atoms with Crippen LogP contribution in [0.25, 0.3) is 0 Å². The average molecular weight is 327 g/mol. The van der Waals surface area contributed by atoms with E-state index in [1.165, 1.54) is 5.56 Å². The summed E-state index contributed by atoms with van der Waals surface area (Å²) in [6.45, 7) is 2.13. The zero-order valence-electron chi connectivity index (χ0n) is 13.0. The van der Waals surface area contributed by atoms with Crippen molar-refractivity contribution >= 4 is 18.3 Å². The monoisotopic (exact) mass is 326 g/mol. The van der Waals surface area contributed by atoms with Crippen LogP contribution in [0.1, 0.15) is 37.7 Å². The molecule has 124 valence electrons. The minimum Gasteiger partial charge on any atom is -0.377 e. The fraction of sp³-hybridized carbons (Fsp3) is 0.588. The van der Waals surface area contributed by atoms with Crippen LogP contribution < -0.4 is 11.1 Å². The quantitative estimate of drug-likeness (QED) is 0.722. The SMILES string of the molecule is Cl.NC1CCC(C(=O)NCCCCOCc2ccccc2)C1. The van der Waals surface area contributed by atoms with E-state index in [-0.39, 0.29) is 30.3 Å². The zero-order chi connectivity index (χ0) is 14.9. The molecule has 1 fully saturated rings.